The van der Waals surface area contributed by atoms with Gasteiger partial charge in [0, 0.05) is 17.2 Å². The Morgan fingerprint density at radius 1 is 0.947 bits per heavy atom. The second-order valence-corrected chi connectivity index (χ2v) is 3.81. The van der Waals surface area contributed by atoms with Crippen LogP contribution >= 0.6 is 0 Å². The van der Waals surface area contributed by atoms with E-state index in [0.29, 0.717) is 0 Å². The average Bonchev–Trinajstić information content (AvgIpc) is 2.37. The smallest absolute Gasteiger partial charge is 0.165 e. The first kappa shape index (κ1) is 13.4. The van der Waals surface area contributed by atoms with Crippen molar-refractivity contribution in [3.05, 3.63) is 53.8 Å². The van der Waals surface area contributed by atoms with Crippen molar-refractivity contribution in [3.63, 3.8) is 0 Å². The summed E-state index contributed by atoms with van der Waals surface area (Å²) in [5.41, 5.74) is 0.208. The SMILES string of the molecule is OCCOc1c(F)cccc1-c1ccc(F)cc1F. The molecule has 2 aromatic carbocycles. The maximum Gasteiger partial charge on any atom is 0.165 e. The fourth-order valence-electron chi connectivity index (χ4n) is 1.72. The molecule has 0 bridgehead atoms. The Bertz CT molecular complexity index is 585. The van der Waals surface area contributed by atoms with Crippen LogP contribution in [0.25, 0.3) is 11.1 Å². The van der Waals surface area contributed by atoms with Gasteiger partial charge >= 0.3 is 0 Å². The van der Waals surface area contributed by atoms with Crippen LogP contribution in [0.2, 0.25) is 0 Å². The van der Waals surface area contributed by atoms with Gasteiger partial charge in [0.2, 0.25) is 0 Å². The van der Waals surface area contributed by atoms with E-state index in [1.54, 1.807) is 0 Å². The fourth-order valence-corrected chi connectivity index (χ4v) is 1.72. The van der Waals surface area contributed by atoms with Crippen molar-refractivity contribution >= 4 is 0 Å². The highest BCUT2D eigenvalue weighted by Gasteiger charge is 2.15. The highest BCUT2D eigenvalue weighted by atomic mass is 19.1. The van der Waals surface area contributed by atoms with E-state index in [-0.39, 0.29) is 30.1 Å². The van der Waals surface area contributed by atoms with Crippen molar-refractivity contribution < 1.29 is 23.0 Å². The number of hydrogen-bond acceptors (Lipinski definition) is 2. The van der Waals surface area contributed by atoms with Crippen molar-refractivity contribution in [3.8, 4) is 16.9 Å². The van der Waals surface area contributed by atoms with Gasteiger partial charge in [-0.3, -0.25) is 0 Å². The molecular formula is C14H11F3O2. The van der Waals surface area contributed by atoms with Crippen molar-refractivity contribution in [2.24, 2.45) is 0 Å². The van der Waals surface area contributed by atoms with Crippen LogP contribution in [-0.2, 0) is 0 Å². The minimum absolute atomic E-state index is 0.0360. The lowest BCUT2D eigenvalue weighted by Crippen LogP contribution is -2.04. The minimum atomic E-state index is -0.806. The molecule has 0 fully saturated rings. The zero-order valence-electron chi connectivity index (χ0n) is 9.87. The zero-order valence-corrected chi connectivity index (χ0v) is 9.87. The maximum atomic E-state index is 13.7. The number of halogens is 3. The second-order valence-electron chi connectivity index (χ2n) is 3.81. The Morgan fingerprint density at radius 3 is 2.42 bits per heavy atom. The first-order chi connectivity index (χ1) is 9.13. The van der Waals surface area contributed by atoms with Crippen LogP contribution in [0, 0.1) is 17.5 Å². The van der Waals surface area contributed by atoms with E-state index in [0.717, 1.165) is 18.2 Å². The molecule has 0 aromatic heterocycles. The first-order valence-electron chi connectivity index (χ1n) is 5.61. The molecule has 0 aliphatic carbocycles. The number of rotatable bonds is 4. The van der Waals surface area contributed by atoms with Crippen LogP contribution in [0.5, 0.6) is 5.75 Å². The molecule has 0 saturated carbocycles. The Hall–Kier alpha value is -2.01. The average molecular weight is 268 g/mol. The number of aliphatic hydroxyl groups excluding tert-OH is 1. The number of para-hydroxylation sites is 1. The summed E-state index contributed by atoms with van der Waals surface area (Å²) in [4.78, 5) is 0. The lowest BCUT2D eigenvalue weighted by atomic mass is 10.0. The van der Waals surface area contributed by atoms with E-state index < -0.39 is 17.5 Å². The topological polar surface area (TPSA) is 29.5 Å². The van der Waals surface area contributed by atoms with Crippen LogP contribution in [-0.4, -0.2) is 18.3 Å². The quantitative estimate of drug-likeness (QED) is 0.923. The number of hydrogen-bond donors (Lipinski definition) is 1. The molecule has 0 unspecified atom stereocenters. The molecule has 0 spiro atoms. The van der Waals surface area contributed by atoms with Gasteiger partial charge in [-0.2, -0.15) is 0 Å². The summed E-state index contributed by atoms with van der Waals surface area (Å²) < 4.78 is 45.3. The Kier molecular flexibility index (Phi) is 4.06. The van der Waals surface area contributed by atoms with Gasteiger partial charge in [0.15, 0.2) is 11.6 Å². The van der Waals surface area contributed by atoms with Gasteiger partial charge in [-0.25, -0.2) is 13.2 Å². The minimum Gasteiger partial charge on any atom is -0.487 e. The normalized spacial score (nSPS) is 10.5. The van der Waals surface area contributed by atoms with Crippen LogP contribution in [0.3, 0.4) is 0 Å². The molecule has 19 heavy (non-hydrogen) atoms. The molecule has 0 aliphatic heterocycles. The van der Waals surface area contributed by atoms with Crippen LogP contribution < -0.4 is 4.74 Å². The van der Waals surface area contributed by atoms with Crippen molar-refractivity contribution in [2.45, 2.75) is 0 Å². The van der Waals surface area contributed by atoms with Crippen molar-refractivity contribution in [1.82, 2.24) is 0 Å². The zero-order chi connectivity index (χ0) is 13.8. The van der Waals surface area contributed by atoms with Gasteiger partial charge < -0.3 is 9.84 Å². The third-order valence-corrected chi connectivity index (χ3v) is 2.53. The molecule has 100 valence electrons. The van der Waals surface area contributed by atoms with Crippen LogP contribution in [0.1, 0.15) is 0 Å². The van der Waals surface area contributed by atoms with Gasteiger partial charge in [0.25, 0.3) is 0 Å². The highest BCUT2D eigenvalue weighted by molar-refractivity contribution is 5.71. The van der Waals surface area contributed by atoms with E-state index in [1.165, 1.54) is 18.2 Å². The molecule has 5 heteroatoms. The summed E-state index contributed by atoms with van der Waals surface area (Å²) in [5.74, 6) is -2.35. The first-order valence-corrected chi connectivity index (χ1v) is 5.61. The van der Waals surface area contributed by atoms with Gasteiger partial charge in [0.1, 0.15) is 18.2 Å². The Balaban J connectivity index is 2.51. The van der Waals surface area contributed by atoms with E-state index in [1.807, 2.05) is 0 Å². The molecule has 2 nitrogen and oxygen atoms in total. The molecule has 0 radical (unpaired) electrons. The molecule has 0 atom stereocenters. The lowest BCUT2D eigenvalue weighted by molar-refractivity contribution is 0.197. The molecule has 1 N–H and O–H groups in total. The summed E-state index contributed by atoms with van der Waals surface area (Å²) in [5, 5.41) is 8.70. The molecule has 2 rings (SSSR count). The Morgan fingerprint density at radius 2 is 1.74 bits per heavy atom. The third-order valence-electron chi connectivity index (χ3n) is 2.53. The summed E-state index contributed by atoms with van der Waals surface area (Å²) >= 11 is 0. The summed E-state index contributed by atoms with van der Waals surface area (Å²) in [6.07, 6.45) is 0. The summed E-state index contributed by atoms with van der Waals surface area (Å²) in [6.45, 7) is -0.406. The maximum absolute atomic E-state index is 13.7. The standard InChI is InChI=1S/C14H11F3O2/c15-9-4-5-10(13(17)8-9)11-2-1-3-12(16)14(11)19-7-6-18/h1-5,8,18H,6-7H2. The van der Waals surface area contributed by atoms with Crippen molar-refractivity contribution in [1.29, 1.82) is 0 Å². The van der Waals surface area contributed by atoms with E-state index in [9.17, 15) is 13.2 Å². The summed E-state index contributed by atoms with van der Waals surface area (Å²) in [7, 11) is 0. The molecular weight excluding hydrogens is 257 g/mol. The summed E-state index contributed by atoms with van der Waals surface area (Å²) in [6, 6.07) is 7.05. The molecule has 0 saturated heterocycles. The van der Waals surface area contributed by atoms with Gasteiger partial charge in [-0.1, -0.05) is 12.1 Å². The monoisotopic (exact) mass is 268 g/mol. The molecule has 0 aliphatic rings. The van der Waals surface area contributed by atoms with Gasteiger partial charge in [-0.15, -0.1) is 0 Å². The Labute approximate surface area is 108 Å². The largest absolute Gasteiger partial charge is 0.487 e. The number of aliphatic hydroxyl groups is 1. The van der Waals surface area contributed by atoms with Gasteiger partial charge in [-0.05, 0) is 18.2 Å². The van der Waals surface area contributed by atoms with E-state index in [2.05, 4.69) is 0 Å². The third kappa shape index (κ3) is 2.88. The van der Waals surface area contributed by atoms with Crippen LogP contribution in [0.4, 0.5) is 13.2 Å². The van der Waals surface area contributed by atoms with E-state index >= 15 is 0 Å². The van der Waals surface area contributed by atoms with Gasteiger partial charge in [0.05, 0.1) is 6.61 Å². The highest BCUT2D eigenvalue weighted by Crippen LogP contribution is 2.34. The number of benzene rings is 2. The predicted molar refractivity (Wildman–Crippen MR) is 64.3 cm³/mol. The van der Waals surface area contributed by atoms with E-state index in [4.69, 9.17) is 9.84 Å². The molecule has 0 amide bonds. The molecule has 2 aromatic rings. The number of ether oxygens (including phenoxy) is 1. The second kappa shape index (κ2) is 5.75. The fraction of sp³-hybridized carbons (Fsp3) is 0.143. The predicted octanol–water partition coefficient (Wildman–Crippen LogP) is 3.14. The van der Waals surface area contributed by atoms with Crippen molar-refractivity contribution in [2.75, 3.05) is 13.2 Å². The molecule has 0 heterocycles. The lowest BCUT2D eigenvalue weighted by Gasteiger charge is -2.12. The van der Waals surface area contributed by atoms with Crippen LogP contribution in [0.15, 0.2) is 36.4 Å².